The topological polar surface area (TPSA) is 24.1 Å². The van der Waals surface area contributed by atoms with E-state index in [4.69, 9.17) is 12.2 Å². The van der Waals surface area contributed by atoms with Gasteiger partial charge < -0.3 is 0 Å². The second kappa shape index (κ2) is 8.16. The fraction of sp³-hybridized carbons (Fsp3) is 0.357. The van der Waals surface area contributed by atoms with Crippen molar-refractivity contribution in [3.05, 3.63) is 42.0 Å². The van der Waals surface area contributed by atoms with Crippen LogP contribution in [0.15, 0.2) is 30.9 Å². The number of thioether (sulfide) groups is 1. The molecule has 0 atom stereocenters. The summed E-state index contributed by atoms with van der Waals surface area (Å²) >= 11 is 6.78. The number of hydrogen-bond donors (Lipinski definition) is 2. The fourth-order valence-corrected chi connectivity index (χ4v) is 2.33. The van der Waals surface area contributed by atoms with Crippen molar-refractivity contribution in [1.29, 1.82) is 0 Å². The van der Waals surface area contributed by atoms with Crippen LogP contribution >= 0.6 is 24.0 Å². The Hall–Kier alpha value is -1.00. The minimum absolute atomic E-state index is 0.739. The van der Waals surface area contributed by atoms with Crippen LogP contribution in [0.4, 0.5) is 5.69 Å². The van der Waals surface area contributed by atoms with Gasteiger partial charge in [0.2, 0.25) is 0 Å². The molecule has 0 saturated heterocycles. The van der Waals surface area contributed by atoms with Gasteiger partial charge in [0, 0.05) is 5.75 Å². The summed E-state index contributed by atoms with van der Waals surface area (Å²) in [6, 6.07) is 6.39. The molecule has 0 unspecified atom stereocenters. The Morgan fingerprint density at radius 1 is 1.33 bits per heavy atom. The van der Waals surface area contributed by atoms with Crippen LogP contribution in [0.1, 0.15) is 25.0 Å². The van der Waals surface area contributed by atoms with E-state index in [0.717, 1.165) is 28.6 Å². The van der Waals surface area contributed by atoms with Crippen molar-refractivity contribution in [2.75, 3.05) is 11.2 Å². The third-order valence-corrected chi connectivity index (χ3v) is 3.84. The van der Waals surface area contributed by atoms with Crippen LogP contribution in [0.25, 0.3) is 0 Å². The zero-order valence-corrected chi connectivity index (χ0v) is 12.6. The van der Waals surface area contributed by atoms with Gasteiger partial charge in [-0.1, -0.05) is 62.1 Å². The van der Waals surface area contributed by atoms with Gasteiger partial charge in [-0.2, -0.15) is 0 Å². The van der Waals surface area contributed by atoms with E-state index in [1.807, 2.05) is 6.08 Å². The van der Waals surface area contributed by atoms with Crippen LogP contribution < -0.4 is 10.9 Å². The molecule has 1 rings (SSSR count). The number of hydrazine groups is 1. The molecule has 4 heteroatoms. The molecule has 0 aliphatic carbocycles. The van der Waals surface area contributed by atoms with E-state index in [1.165, 1.54) is 11.1 Å². The number of benzene rings is 1. The molecule has 0 saturated carbocycles. The van der Waals surface area contributed by atoms with Crippen LogP contribution in [0.3, 0.4) is 0 Å². The summed E-state index contributed by atoms with van der Waals surface area (Å²) in [5.41, 5.74) is 10.1. The van der Waals surface area contributed by atoms with E-state index in [2.05, 4.69) is 49.5 Å². The van der Waals surface area contributed by atoms with Gasteiger partial charge >= 0.3 is 0 Å². The number of thiocarbonyl (C=S) groups is 1. The molecule has 0 aliphatic rings. The third kappa shape index (κ3) is 4.35. The number of anilines is 1. The molecule has 98 valence electrons. The van der Waals surface area contributed by atoms with Gasteiger partial charge in [0.1, 0.15) is 0 Å². The maximum Gasteiger partial charge on any atom is 0.152 e. The number of aryl methyl sites for hydroxylation is 2. The van der Waals surface area contributed by atoms with Crippen molar-refractivity contribution in [3.63, 3.8) is 0 Å². The largest absolute Gasteiger partial charge is 0.299 e. The smallest absolute Gasteiger partial charge is 0.152 e. The van der Waals surface area contributed by atoms with Crippen molar-refractivity contribution >= 4 is 34.0 Å². The first-order valence-corrected chi connectivity index (χ1v) is 7.52. The highest BCUT2D eigenvalue weighted by molar-refractivity contribution is 8.23. The molecule has 2 nitrogen and oxygen atoms in total. The van der Waals surface area contributed by atoms with Gasteiger partial charge in [0.05, 0.1) is 5.69 Å². The lowest BCUT2D eigenvalue weighted by molar-refractivity contribution is 1.05. The zero-order valence-electron chi connectivity index (χ0n) is 11.0. The average Bonchev–Trinajstić information content (AvgIpc) is 2.42. The van der Waals surface area contributed by atoms with Crippen molar-refractivity contribution in [2.24, 2.45) is 0 Å². The number of para-hydroxylation sites is 1. The molecule has 0 aromatic heterocycles. The molecule has 1 aromatic rings. The average molecular weight is 280 g/mol. The monoisotopic (exact) mass is 280 g/mol. The third-order valence-electron chi connectivity index (χ3n) is 2.62. The summed E-state index contributed by atoms with van der Waals surface area (Å²) in [5.74, 6) is 0.823. The Morgan fingerprint density at radius 2 is 1.94 bits per heavy atom. The molecular weight excluding hydrogens is 260 g/mol. The first-order chi connectivity index (χ1) is 8.72. The Balaban J connectivity index is 2.70. The standard InChI is InChI=1S/C14H20N2S2/c1-4-10-18-14(17)16-15-13-11(5-2)8-7-9-12(13)6-3/h4,7-9,15H,1,5-6,10H2,2-3H3,(H,16,17). The second-order valence-electron chi connectivity index (χ2n) is 3.80. The van der Waals surface area contributed by atoms with Gasteiger partial charge in [-0.25, -0.2) is 0 Å². The van der Waals surface area contributed by atoms with E-state index >= 15 is 0 Å². The van der Waals surface area contributed by atoms with E-state index in [0.29, 0.717) is 0 Å². The molecule has 0 radical (unpaired) electrons. The fourth-order valence-electron chi connectivity index (χ4n) is 1.69. The Morgan fingerprint density at radius 3 is 2.44 bits per heavy atom. The van der Waals surface area contributed by atoms with E-state index in [-0.39, 0.29) is 0 Å². The van der Waals surface area contributed by atoms with Gasteiger partial charge in [-0.3, -0.25) is 10.9 Å². The van der Waals surface area contributed by atoms with Gasteiger partial charge in [0.15, 0.2) is 4.32 Å². The van der Waals surface area contributed by atoms with Crippen LogP contribution in [-0.2, 0) is 12.8 Å². The Bertz CT molecular complexity index is 394. The van der Waals surface area contributed by atoms with E-state index in [9.17, 15) is 0 Å². The summed E-state index contributed by atoms with van der Waals surface area (Å²) in [5, 5.41) is 0. The maximum atomic E-state index is 5.22. The molecule has 1 aromatic carbocycles. The van der Waals surface area contributed by atoms with Crippen LogP contribution in [-0.4, -0.2) is 10.1 Å². The highest BCUT2D eigenvalue weighted by atomic mass is 32.2. The minimum atomic E-state index is 0.739. The highest BCUT2D eigenvalue weighted by Gasteiger charge is 2.05. The molecule has 0 amide bonds. The van der Waals surface area contributed by atoms with Gasteiger partial charge in [-0.05, 0) is 24.0 Å². The second-order valence-corrected chi connectivity index (χ2v) is 5.49. The molecule has 0 aliphatic heterocycles. The Labute approximate surface area is 119 Å². The van der Waals surface area contributed by atoms with E-state index in [1.54, 1.807) is 11.8 Å². The molecule has 0 fully saturated rings. The van der Waals surface area contributed by atoms with Crippen LogP contribution in [0.2, 0.25) is 0 Å². The van der Waals surface area contributed by atoms with Gasteiger partial charge in [0.25, 0.3) is 0 Å². The lowest BCUT2D eigenvalue weighted by atomic mass is 10.0. The van der Waals surface area contributed by atoms with E-state index < -0.39 is 0 Å². The zero-order chi connectivity index (χ0) is 13.4. The lowest BCUT2D eigenvalue weighted by Crippen LogP contribution is -2.27. The van der Waals surface area contributed by atoms with Crippen LogP contribution in [0, 0.1) is 0 Å². The lowest BCUT2D eigenvalue weighted by Gasteiger charge is -2.16. The van der Waals surface area contributed by atoms with Crippen molar-refractivity contribution in [3.8, 4) is 0 Å². The number of rotatable bonds is 6. The Kier molecular flexibility index (Phi) is 6.83. The predicted octanol–water partition coefficient (Wildman–Crippen LogP) is 3.93. The summed E-state index contributed by atoms with van der Waals surface area (Å²) in [7, 11) is 0. The summed E-state index contributed by atoms with van der Waals surface area (Å²) in [6.07, 6.45) is 3.85. The SMILES string of the molecule is C=CCSC(=S)NNc1c(CC)cccc1CC. The van der Waals surface area contributed by atoms with Crippen molar-refractivity contribution in [2.45, 2.75) is 26.7 Å². The normalized spacial score (nSPS) is 9.89. The van der Waals surface area contributed by atoms with Crippen LogP contribution in [0.5, 0.6) is 0 Å². The minimum Gasteiger partial charge on any atom is -0.299 e. The number of hydrogen-bond acceptors (Lipinski definition) is 3. The molecule has 0 spiro atoms. The first-order valence-electron chi connectivity index (χ1n) is 6.13. The molecular formula is C14H20N2S2. The molecule has 18 heavy (non-hydrogen) atoms. The maximum absolute atomic E-state index is 5.22. The van der Waals surface area contributed by atoms with Crippen molar-refractivity contribution in [1.82, 2.24) is 5.43 Å². The summed E-state index contributed by atoms with van der Waals surface area (Å²) in [6.45, 7) is 7.99. The first kappa shape index (κ1) is 15.1. The summed E-state index contributed by atoms with van der Waals surface area (Å²) < 4.78 is 0.739. The summed E-state index contributed by atoms with van der Waals surface area (Å²) in [4.78, 5) is 0. The van der Waals surface area contributed by atoms with Gasteiger partial charge in [-0.15, -0.1) is 6.58 Å². The highest BCUT2D eigenvalue weighted by Crippen LogP contribution is 2.21. The quantitative estimate of drug-likeness (QED) is 0.468. The molecule has 0 heterocycles. The number of nitrogens with one attached hydrogen (secondary N) is 2. The molecule has 0 bridgehead atoms. The molecule has 2 N–H and O–H groups in total. The predicted molar refractivity (Wildman–Crippen MR) is 87.2 cm³/mol. The van der Waals surface area contributed by atoms with Crippen molar-refractivity contribution < 1.29 is 0 Å².